The third-order valence-electron chi connectivity index (χ3n) is 6.52. The highest BCUT2D eigenvalue weighted by Gasteiger charge is 2.26. The summed E-state index contributed by atoms with van der Waals surface area (Å²) < 4.78 is 39.2. The smallest absolute Gasteiger partial charge is 0.272 e. The van der Waals surface area contributed by atoms with E-state index in [1.54, 1.807) is 46.8 Å². The molecule has 2 heterocycles. The minimum absolute atomic E-state index is 0.108. The number of benzene rings is 2. The number of carbonyl (C=O) groups excluding carboxylic acids is 2. The number of methoxy groups -OCH3 is 1. The molecule has 0 aliphatic carbocycles. The van der Waals surface area contributed by atoms with Crippen molar-refractivity contribution in [3.05, 3.63) is 53.2 Å². The fraction of sp³-hybridized carbons (Fsp3) is 0.407. The molecule has 1 saturated heterocycles. The Morgan fingerprint density at radius 3 is 2.32 bits per heavy atom. The number of anilines is 2. The Balaban J connectivity index is 1.75. The number of hydrogen-bond acceptors (Lipinski definition) is 6. The van der Waals surface area contributed by atoms with Crippen molar-refractivity contribution in [3.63, 3.8) is 0 Å². The summed E-state index contributed by atoms with van der Waals surface area (Å²) in [6.45, 7) is 7.98. The summed E-state index contributed by atoms with van der Waals surface area (Å²) >= 11 is 0. The van der Waals surface area contributed by atoms with E-state index >= 15 is 0 Å². The molecule has 0 spiro atoms. The van der Waals surface area contributed by atoms with Crippen molar-refractivity contribution >= 4 is 44.1 Å². The molecule has 2 amide bonds. The number of nitrogens with one attached hydrogen (secondary N) is 2. The second kappa shape index (κ2) is 10.3. The number of hydrogen-bond donors (Lipinski definition) is 2. The number of rotatable bonds is 6. The number of carbonyl (C=O) groups is 2. The SMILES string of the molecule is COc1c(NC(=O)c2cc3cccc(C(=O)N4CCOCC4)c3n2C)cc(C(C)(C)C)cc1NS(C)(=O)=O. The minimum Gasteiger partial charge on any atom is -0.492 e. The van der Waals surface area contributed by atoms with Gasteiger partial charge in [-0.05, 0) is 35.2 Å². The lowest BCUT2D eigenvalue weighted by Crippen LogP contribution is -2.40. The highest BCUT2D eigenvalue weighted by atomic mass is 32.2. The lowest BCUT2D eigenvalue weighted by atomic mass is 9.86. The van der Waals surface area contributed by atoms with E-state index in [1.807, 2.05) is 26.8 Å². The molecule has 1 fully saturated rings. The van der Waals surface area contributed by atoms with Crippen LogP contribution in [0.2, 0.25) is 0 Å². The van der Waals surface area contributed by atoms with E-state index in [-0.39, 0.29) is 22.8 Å². The van der Waals surface area contributed by atoms with E-state index < -0.39 is 15.9 Å². The number of nitrogens with zero attached hydrogens (tertiary/aromatic N) is 2. The van der Waals surface area contributed by atoms with Crippen LogP contribution in [0.1, 0.15) is 47.2 Å². The van der Waals surface area contributed by atoms with E-state index in [2.05, 4.69) is 10.0 Å². The Morgan fingerprint density at radius 1 is 1.05 bits per heavy atom. The molecule has 0 bridgehead atoms. The predicted molar refractivity (Wildman–Crippen MR) is 148 cm³/mol. The van der Waals surface area contributed by atoms with Crippen molar-refractivity contribution in [3.8, 4) is 5.75 Å². The van der Waals surface area contributed by atoms with Gasteiger partial charge in [0.1, 0.15) is 5.69 Å². The number of ether oxygens (including phenoxy) is 2. The van der Waals surface area contributed by atoms with Crippen molar-refractivity contribution in [2.75, 3.05) is 49.7 Å². The Bertz CT molecular complexity index is 1500. The van der Waals surface area contributed by atoms with Crippen LogP contribution in [0.4, 0.5) is 11.4 Å². The van der Waals surface area contributed by atoms with Crippen LogP contribution in [-0.4, -0.2) is 69.4 Å². The zero-order valence-electron chi connectivity index (χ0n) is 22.5. The molecule has 1 aliphatic rings. The average Bonchev–Trinajstić information content (AvgIpc) is 3.19. The molecular formula is C27H34N4O6S. The second-order valence-corrected chi connectivity index (χ2v) is 12.2. The highest BCUT2D eigenvalue weighted by Crippen LogP contribution is 2.39. The number of fused-ring (bicyclic) bond motifs is 1. The molecule has 1 aliphatic heterocycles. The monoisotopic (exact) mass is 542 g/mol. The molecule has 0 saturated carbocycles. The lowest BCUT2D eigenvalue weighted by Gasteiger charge is -2.27. The van der Waals surface area contributed by atoms with Crippen molar-refractivity contribution < 1.29 is 27.5 Å². The fourth-order valence-electron chi connectivity index (χ4n) is 4.58. The van der Waals surface area contributed by atoms with Crippen LogP contribution < -0.4 is 14.8 Å². The summed E-state index contributed by atoms with van der Waals surface area (Å²) in [5.41, 5.74) is 2.52. The van der Waals surface area contributed by atoms with Gasteiger partial charge < -0.3 is 24.3 Å². The van der Waals surface area contributed by atoms with Crippen LogP contribution in [0, 0.1) is 0 Å². The van der Waals surface area contributed by atoms with Gasteiger partial charge in [0.15, 0.2) is 5.75 Å². The van der Waals surface area contributed by atoms with Gasteiger partial charge in [-0.2, -0.15) is 0 Å². The van der Waals surface area contributed by atoms with Gasteiger partial charge in [0.2, 0.25) is 10.0 Å². The number of amides is 2. The molecule has 0 radical (unpaired) electrons. The Labute approximate surface area is 222 Å². The van der Waals surface area contributed by atoms with Crippen molar-refractivity contribution in [2.45, 2.75) is 26.2 Å². The first-order valence-electron chi connectivity index (χ1n) is 12.3. The maximum Gasteiger partial charge on any atom is 0.272 e. The van der Waals surface area contributed by atoms with Gasteiger partial charge in [0.05, 0.1) is 49.0 Å². The molecule has 4 rings (SSSR count). The normalized spacial score (nSPS) is 14.4. The molecule has 11 heteroatoms. The van der Waals surface area contributed by atoms with Gasteiger partial charge >= 0.3 is 0 Å². The molecular weight excluding hydrogens is 508 g/mol. The number of aromatic nitrogens is 1. The maximum atomic E-state index is 13.6. The van der Waals surface area contributed by atoms with Crippen molar-refractivity contribution in [2.24, 2.45) is 7.05 Å². The standard InChI is InChI=1S/C27H34N4O6S/c1-27(2,3)18-15-20(24(36-5)21(16-18)29-38(6,34)35)28-25(32)22-14-17-8-7-9-19(23(17)30(22)4)26(33)31-10-12-37-13-11-31/h7-9,14-16,29H,10-13H2,1-6H3,(H,28,32). The van der Waals surface area contributed by atoms with Crippen molar-refractivity contribution in [1.82, 2.24) is 9.47 Å². The Kier molecular flexibility index (Phi) is 7.44. The van der Waals surface area contributed by atoms with Crippen LogP contribution >= 0.6 is 0 Å². The molecule has 2 aromatic carbocycles. The summed E-state index contributed by atoms with van der Waals surface area (Å²) in [5, 5.41) is 3.65. The van der Waals surface area contributed by atoms with Crippen LogP contribution in [-0.2, 0) is 27.2 Å². The lowest BCUT2D eigenvalue weighted by molar-refractivity contribution is 0.0304. The quantitative estimate of drug-likeness (QED) is 0.492. The van der Waals surface area contributed by atoms with E-state index in [4.69, 9.17) is 9.47 Å². The van der Waals surface area contributed by atoms with Gasteiger partial charge in [0, 0.05) is 25.5 Å². The maximum absolute atomic E-state index is 13.6. The van der Waals surface area contributed by atoms with E-state index in [0.717, 1.165) is 17.2 Å². The van der Waals surface area contributed by atoms with Crippen LogP contribution in [0.25, 0.3) is 10.9 Å². The van der Waals surface area contributed by atoms with E-state index in [9.17, 15) is 18.0 Å². The average molecular weight is 543 g/mol. The first kappa shape index (κ1) is 27.5. The summed E-state index contributed by atoms with van der Waals surface area (Å²) in [7, 11) is -0.451. The third-order valence-corrected chi connectivity index (χ3v) is 7.11. The molecule has 38 heavy (non-hydrogen) atoms. The molecule has 3 aromatic rings. The van der Waals surface area contributed by atoms with Gasteiger partial charge in [-0.1, -0.05) is 32.9 Å². The summed E-state index contributed by atoms with van der Waals surface area (Å²) in [4.78, 5) is 28.6. The zero-order chi connectivity index (χ0) is 27.8. The Morgan fingerprint density at radius 2 is 1.71 bits per heavy atom. The minimum atomic E-state index is -3.61. The first-order valence-corrected chi connectivity index (χ1v) is 14.2. The number of para-hydroxylation sites is 1. The van der Waals surface area contributed by atoms with Gasteiger partial charge in [-0.15, -0.1) is 0 Å². The number of sulfonamides is 1. The Hall–Kier alpha value is -3.57. The van der Waals surface area contributed by atoms with Crippen LogP contribution in [0.3, 0.4) is 0 Å². The topological polar surface area (TPSA) is 119 Å². The predicted octanol–water partition coefficient (Wildman–Crippen LogP) is 3.58. The summed E-state index contributed by atoms with van der Waals surface area (Å²) in [6.07, 6.45) is 1.06. The van der Waals surface area contributed by atoms with Gasteiger partial charge in [0.25, 0.3) is 11.8 Å². The zero-order valence-corrected chi connectivity index (χ0v) is 23.4. The van der Waals surface area contributed by atoms with Gasteiger partial charge in [-0.25, -0.2) is 8.42 Å². The molecule has 204 valence electrons. The first-order chi connectivity index (χ1) is 17.8. The molecule has 2 N–H and O–H groups in total. The van der Waals surface area contributed by atoms with Crippen LogP contribution in [0.5, 0.6) is 5.75 Å². The highest BCUT2D eigenvalue weighted by molar-refractivity contribution is 7.92. The summed E-state index contributed by atoms with van der Waals surface area (Å²) in [5.74, 6) is -0.343. The molecule has 0 atom stereocenters. The van der Waals surface area contributed by atoms with E-state index in [0.29, 0.717) is 48.8 Å². The number of morpholine rings is 1. The number of aryl methyl sites for hydroxylation is 1. The third kappa shape index (κ3) is 5.63. The summed E-state index contributed by atoms with van der Waals surface area (Å²) in [6, 6.07) is 10.6. The van der Waals surface area contributed by atoms with Crippen LogP contribution in [0.15, 0.2) is 36.4 Å². The largest absolute Gasteiger partial charge is 0.492 e. The fourth-order valence-corrected chi connectivity index (χ4v) is 5.13. The second-order valence-electron chi connectivity index (χ2n) is 10.4. The molecule has 0 unspecified atom stereocenters. The molecule has 1 aromatic heterocycles. The van der Waals surface area contributed by atoms with Crippen molar-refractivity contribution in [1.29, 1.82) is 0 Å². The molecule has 10 nitrogen and oxygen atoms in total. The van der Waals surface area contributed by atoms with Gasteiger partial charge in [-0.3, -0.25) is 14.3 Å². The van der Waals surface area contributed by atoms with E-state index in [1.165, 1.54) is 7.11 Å².